The number of hydrogen-bond donors (Lipinski definition) is 0. The van der Waals surface area contributed by atoms with Crippen LogP contribution in [0.25, 0.3) is 0 Å². The maximum atomic E-state index is 12.6. The highest BCUT2D eigenvalue weighted by molar-refractivity contribution is 5.79. The van der Waals surface area contributed by atoms with Crippen LogP contribution in [-0.4, -0.2) is 52.1 Å². The van der Waals surface area contributed by atoms with Crippen molar-refractivity contribution >= 4 is 5.91 Å². The lowest BCUT2D eigenvalue weighted by molar-refractivity contribution is -0.127. The maximum Gasteiger partial charge on any atom is 0.230 e. The molecular formula is C22H30N4O2. The van der Waals surface area contributed by atoms with E-state index in [-0.39, 0.29) is 5.41 Å². The first-order valence-corrected chi connectivity index (χ1v) is 10.5. The predicted molar refractivity (Wildman–Crippen MR) is 107 cm³/mol. The Morgan fingerprint density at radius 2 is 1.86 bits per heavy atom. The second-order valence-electron chi connectivity index (χ2n) is 8.30. The molecule has 2 aromatic rings. The molecule has 2 saturated heterocycles. The third-order valence-corrected chi connectivity index (χ3v) is 6.23. The molecule has 3 heterocycles. The Hall–Kier alpha value is -2.21. The fourth-order valence-electron chi connectivity index (χ4n) is 4.51. The van der Waals surface area contributed by atoms with Crippen LogP contribution in [0.4, 0.5) is 0 Å². The van der Waals surface area contributed by atoms with Crippen molar-refractivity contribution in [1.29, 1.82) is 0 Å². The topological polar surface area (TPSA) is 62.5 Å². The van der Waals surface area contributed by atoms with Gasteiger partial charge in [0.05, 0.1) is 6.54 Å². The molecule has 6 nitrogen and oxygen atoms in total. The molecule has 0 radical (unpaired) electrons. The predicted octanol–water partition coefficient (Wildman–Crippen LogP) is 3.08. The molecule has 4 rings (SSSR count). The van der Waals surface area contributed by atoms with E-state index < -0.39 is 0 Å². The summed E-state index contributed by atoms with van der Waals surface area (Å²) in [6.45, 7) is 6.53. The summed E-state index contributed by atoms with van der Waals surface area (Å²) < 4.78 is 5.64. The summed E-state index contributed by atoms with van der Waals surface area (Å²) in [5.41, 5.74) is 1.52. The molecule has 2 aliphatic heterocycles. The number of likely N-dealkylation sites (tertiary alicyclic amines) is 2. The molecule has 2 fully saturated rings. The van der Waals surface area contributed by atoms with Crippen molar-refractivity contribution in [1.82, 2.24) is 20.0 Å². The van der Waals surface area contributed by atoms with E-state index in [1.807, 2.05) is 13.0 Å². The molecule has 2 aliphatic rings. The molecule has 150 valence electrons. The van der Waals surface area contributed by atoms with Gasteiger partial charge in [0.1, 0.15) is 0 Å². The Morgan fingerprint density at radius 3 is 2.57 bits per heavy atom. The number of nitrogens with zero attached hydrogens (tertiary/aromatic N) is 4. The first kappa shape index (κ1) is 19.1. The first-order chi connectivity index (χ1) is 13.7. The SMILES string of the molecule is CCc1nnc(CN2CCC3(CC2)CC(=O)N(CCCc2ccccc2)C3)o1. The van der Waals surface area contributed by atoms with Crippen molar-refractivity contribution in [3.05, 3.63) is 47.7 Å². The third-order valence-electron chi connectivity index (χ3n) is 6.23. The number of hydrogen-bond acceptors (Lipinski definition) is 5. The van der Waals surface area contributed by atoms with Crippen molar-refractivity contribution in [2.75, 3.05) is 26.2 Å². The van der Waals surface area contributed by atoms with E-state index in [0.29, 0.717) is 24.1 Å². The van der Waals surface area contributed by atoms with Crippen LogP contribution in [0.2, 0.25) is 0 Å². The van der Waals surface area contributed by atoms with Gasteiger partial charge in [0.15, 0.2) is 0 Å². The summed E-state index contributed by atoms with van der Waals surface area (Å²) in [5.74, 6) is 1.75. The molecule has 0 saturated carbocycles. The Labute approximate surface area is 166 Å². The van der Waals surface area contributed by atoms with E-state index in [1.165, 1.54) is 5.56 Å². The van der Waals surface area contributed by atoms with Crippen molar-refractivity contribution in [3.63, 3.8) is 0 Å². The highest BCUT2D eigenvalue weighted by atomic mass is 16.4. The monoisotopic (exact) mass is 382 g/mol. The molecule has 0 unspecified atom stereocenters. The molecule has 0 N–H and O–H groups in total. The smallest absolute Gasteiger partial charge is 0.230 e. The molecule has 1 spiro atoms. The number of carbonyl (C=O) groups excluding carboxylic acids is 1. The minimum Gasteiger partial charge on any atom is -0.424 e. The summed E-state index contributed by atoms with van der Waals surface area (Å²) in [7, 11) is 0. The summed E-state index contributed by atoms with van der Waals surface area (Å²) in [6.07, 6.45) is 5.71. The largest absolute Gasteiger partial charge is 0.424 e. The van der Waals surface area contributed by atoms with Crippen molar-refractivity contribution in [3.8, 4) is 0 Å². The van der Waals surface area contributed by atoms with Gasteiger partial charge in [-0.2, -0.15) is 0 Å². The molecule has 1 amide bonds. The second kappa shape index (κ2) is 8.43. The third kappa shape index (κ3) is 4.43. The number of benzene rings is 1. The second-order valence-corrected chi connectivity index (χ2v) is 8.30. The highest BCUT2D eigenvalue weighted by Gasteiger charge is 2.44. The van der Waals surface area contributed by atoms with E-state index in [1.54, 1.807) is 0 Å². The molecule has 1 aromatic carbocycles. The Kier molecular flexibility index (Phi) is 5.76. The summed E-state index contributed by atoms with van der Waals surface area (Å²) in [6, 6.07) is 10.5. The van der Waals surface area contributed by atoms with Gasteiger partial charge in [-0.15, -0.1) is 10.2 Å². The molecule has 28 heavy (non-hydrogen) atoms. The molecule has 1 aromatic heterocycles. The van der Waals surface area contributed by atoms with Gasteiger partial charge in [-0.25, -0.2) is 0 Å². The zero-order chi connectivity index (χ0) is 19.4. The minimum atomic E-state index is 0.170. The quantitative estimate of drug-likeness (QED) is 0.736. The van der Waals surface area contributed by atoms with E-state index in [0.717, 1.165) is 64.8 Å². The van der Waals surface area contributed by atoms with Gasteiger partial charge in [-0.1, -0.05) is 37.3 Å². The lowest BCUT2D eigenvalue weighted by Crippen LogP contribution is -2.41. The Bertz CT molecular complexity index is 781. The standard InChI is InChI=1S/C22H30N4O2/c1-2-19-23-24-20(28-19)16-25-13-10-22(11-14-25)15-21(27)26(17-22)12-6-9-18-7-4-3-5-8-18/h3-5,7-8H,2,6,9-17H2,1H3. The normalized spacial score (nSPS) is 19.6. The zero-order valence-corrected chi connectivity index (χ0v) is 16.8. The molecular weight excluding hydrogens is 352 g/mol. The summed E-state index contributed by atoms with van der Waals surface area (Å²) >= 11 is 0. The van der Waals surface area contributed by atoms with Gasteiger partial charge in [-0.05, 0) is 49.8 Å². The molecule has 0 bridgehead atoms. The highest BCUT2D eigenvalue weighted by Crippen LogP contribution is 2.41. The number of rotatable bonds is 7. The maximum absolute atomic E-state index is 12.6. The van der Waals surface area contributed by atoms with Gasteiger partial charge in [0.2, 0.25) is 17.7 Å². The fourth-order valence-corrected chi connectivity index (χ4v) is 4.51. The van der Waals surface area contributed by atoms with Gasteiger partial charge in [0, 0.05) is 25.9 Å². The van der Waals surface area contributed by atoms with Crippen LogP contribution in [0.15, 0.2) is 34.7 Å². The van der Waals surface area contributed by atoms with Crippen LogP contribution >= 0.6 is 0 Å². The van der Waals surface area contributed by atoms with Gasteiger partial charge < -0.3 is 9.32 Å². The van der Waals surface area contributed by atoms with Crippen molar-refractivity contribution in [2.24, 2.45) is 5.41 Å². The number of amides is 1. The first-order valence-electron chi connectivity index (χ1n) is 10.5. The van der Waals surface area contributed by atoms with E-state index in [2.05, 4.69) is 44.3 Å². The van der Waals surface area contributed by atoms with Gasteiger partial charge >= 0.3 is 0 Å². The summed E-state index contributed by atoms with van der Waals surface area (Å²) in [4.78, 5) is 17.1. The van der Waals surface area contributed by atoms with Gasteiger partial charge in [0.25, 0.3) is 0 Å². The van der Waals surface area contributed by atoms with Crippen LogP contribution in [0, 0.1) is 5.41 Å². The van der Waals surface area contributed by atoms with Gasteiger partial charge in [-0.3, -0.25) is 9.69 Å². The molecule has 6 heteroatoms. The van der Waals surface area contributed by atoms with E-state index >= 15 is 0 Å². The van der Waals surface area contributed by atoms with Crippen LogP contribution in [0.3, 0.4) is 0 Å². The number of aryl methyl sites for hydroxylation is 2. The van der Waals surface area contributed by atoms with Crippen molar-refractivity contribution < 1.29 is 9.21 Å². The van der Waals surface area contributed by atoms with E-state index in [4.69, 9.17) is 4.42 Å². The lowest BCUT2D eigenvalue weighted by Gasteiger charge is -2.38. The molecule has 0 aliphatic carbocycles. The Morgan fingerprint density at radius 1 is 1.11 bits per heavy atom. The average molecular weight is 383 g/mol. The number of carbonyl (C=O) groups is 1. The number of aromatic nitrogens is 2. The lowest BCUT2D eigenvalue weighted by atomic mass is 9.77. The van der Waals surface area contributed by atoms with Crippen LogP contribution < -0.4 is 0 Å². The number of piperidine rings is 1. The summed E-state index contributed by atoms with van der Waals surface area (Å²) in [5, 5.41) is 8.18. The van der Waals surface area contributed by atoms with Crippen LogP contribution in [0.1, 0.15) is 50.0 Å². The zero-order valence-electron chi connectivity index (χ0n) is 16.8. The van der Waals surface area contributed by atoms with Crippen LogP contribution in [-0.2, 0) is 24.2 Å². The average Bonchev–Trinajstić information content (AvgIpc) is 3.29. The Balaban J connectivity index is 1.24. The molecule has 0 atom stereocenters. The minimum absolute atomic E-state index is 0.170. The fraction of sp³-hybridized carbons (Fsp3) is 0.591. The van der Waals surface area contributed by atoms with Crippen molar-refractivity contribution in [2.45, 2.75) is 52.0 Å². The van der Waals surface area contributed by atoms with E-state index in [9.17, 15) is 4.79 Å². The van der Waals surface area contributed by atoms with Crippen LogP contribution in [0.5, 0.6) is 0 Å².